The molecule has 0 N–H and O–H groups in total. The highest BCUT2D eigenvalue weighted by molar-refractivity contribution is 9.10. The molecule has 1 aromatic rings. The van der Waals surface area contributed by atoms with E-state index in [9.17, 15) is 0 Å². The maximum absolute atomic E-state index is 5.44. The molecule has 1 fully saturated rings. The van der Waals surface area contributed by atoms with Gasteiger partial charge in [-0.3, -0.25) is 0 Å². The van der Waals surface area contributed by atoms with Gasteiger partial charge in [0.1, 0.15) is 6.10 Å². The summed E-state index contributed by atoms with van der Waals surface area (Å²) in [5, 5.41) is 0. The van der Waals surface area contributed by atoms with Gasteiger partial charge in [0, 0.05) is 12.4 Å². The van der Waals surface area contributed by atoms with E-state index in [-0.39, 0.29) is 0 Å². The zero-order valence-corrected chi connectivity index (χ0v) is 7.41. The zero-order valence-electron chi connectivity index (χ0n) is 5.83. The lowest BCUT2D eigenvalue weighted by atomic mass is 10.7. The van der Waals surface area contributed by atoms with Gasteiger partial charge in [-0.25, -0.2) is 9.97 Å². The molecular formula is C7H7BrN2O. The summed E-state index contributed by atoms with van der Waals surface area (Å²) in [5.41, 5.74) is 0. The highest BCUT2D eigenvalue weighted by Crippen LogP contribution is 2.28. The molecule has 0 aromatic carbocycles. The molecule has 3 nitrogen and oxygen atoms in total. The highest BCUT2D eigenvalue weighted by Gasteiger charge is 2.24. The first kappa shape index (κ1) is 7.03. The Balaban J connectivity index is 2.15. The number of ether oxygens (including phenoxy) is 1. The Hall–Kier alpha value is -0.640. The van der Waals surface area contributed by atoms with Gasteiger partial charge in [0.15, 0.2) is 4.60 Å². The molecule has 11 heavy (non-hydrogen) atoms. The third-order valence-corrected chi connectivity index (χ3v) is 1.97. The van der Waals surface area contributed by atoms with Gasteiger partial charge < -0.3 is 4.74 Å². The van der Waals surface area contributed by atoms with Crippen LogP contribution in [0.3, 0.4) is 0 Å². The summed E-state index contributed by atoms with van der Waals surface area (Å²) in [7, 11) is 0. The second-order valence-corrected chi connectivity index (χ2v) is 3.22. The van der Waals surface area contributed by atoms with E-state index in [1.807, 2.05) is 0 Å². The topological polar surface area (TPSA) is 35.0 Å². The number of nitrogens with zero attached hydrogens (tertiary/aromatic N) is 2. The average molecular weight is 215 g/mol. The minimum Gasteiger partial charge on any atom is -0.472 e. The predicted octanol–water partition coefficient (Wildman–Crippen LogP) is 1.78. The summed E-state index contributed by atoms with van der Waals surface area (Å²) in [6.45, 7) is 0. The fourth-order valence-electron chi connectivity index (χ4n) is 0.731. The summed E-state index contributed by atoms with van der Waals surface area (Å²) >= 11 is 3.25. The van der Waals surface area contributed by atoms with E-state index in [0.29, 0.717) is 16.6 Å². The molecule has 0 spiro atoms. The van der Waals surface area contributed by atoms with Crippen molar-refractivity contribution >= 4 is 15.9 Å². The van der Waals surface area contributed by atoms with Crippen LogP contribution in [0.2, 0.25) is 0 Å². The Morgan fingerprint density at radius 3 is 2.73 bits per heavy atom. The van der Waals surface area contributed by atoms with Crippen LogP contribution in [-0.2, 0) is 0 Å². The van der Waals surface area contributed by atoms with Gasteiger partial charge in [-0.15, -0.1) is 0 Å². The van der Waals surface area contributed by atoms with Gasteiger partial charge in [0.05, 0.1) is 0 Å². The Kier molecular flexibility index (Phi) is 1.77. The molecule has 0 atom stereocenters. The van der Waals surface area contributed by atoms with Crippen LogP contribution < -0.4 is 4.74 Å². The summed E-state index contributed by atoms with van der Waals surface area (Å²) in [6.07, 6.45) is 5.92. The molecule has 58 valence electrons. The third kappa shape index (κ3) is 1.68. The van der Waals surface area contributed by atoms with Gasteiger partial charge in [-0.1, -0.05) is 0 Å². The number of aromatic nitrogens is 2. The van der Waals surface area contributed by atoms with Crippen molar-refractivity contribution in [3.8, 4) is 5.88 Å². The van der Waals surface area contributed by atoms with Crippen molar-refractivity contribution in [2.75, 3.05) is 0 Å². The van der Waals surface area contributed by atoms with Gasteiger partial charge in [0.25, 0.3) is 0 Å². The van der Waals surface area contributed by atoms with E-state index >= 15 is 0 Å². The first-order valence-corrected chi connectivity index (χ1v) is 4.29. The standard InChI is InChI=1S/C7H7BrN2O/c8-6-7(10-4-3-9-6)11-5-1-2-5/h3-5H,1-2H2. The van der Waals surface area contributed by atoms with Crippen molar-refractivity contribution in [3.63, 3.8) is 0 Å². The number of hydrogen-bond acceptors (Lipinski definition) is 3. The molecule has 0 unspecified atom stereocenters. The van der Waals surface area contributed by atoms with Crippen LogP contribution in [0.5, 0.6) is 5.88 Å². The van der Waals surface area contributed by atoms with E-state index in [1.165, 1.54) is 0 Å². The Morgan fingerprint density at radius 1 is 1.36 bits per heavy atom. The van der Waals surface area contributed by atoms with Crippen molar-refractivity contribution in [1.82, 2.24) is 9.97 Å². The minimum atomic E-state index is 0.378. The molecular weight excluding hydrogens is 208 g/mol. The van der Waals surface area contributed by atoms with E-state index in [2.05, 4.69) is 25.9 Å². The van der Waals surface area contributed by atoms with Crippen LogP contribution in [0.4, 0.5) is 0 Å². The second kappa shape index (κ2) is 2.77. The fourth-order valence-corrected chi connectivity index (χ4v) is 1.05. The molecule has 1 saturated carbocycles. The molecule has 0 radical (unpaired) electrons. The lowest BCUT2D eigenvalue weighted by Crippen LogP contribution is -1.99. The van der Waals surface area contributed by atoms with Crippen molar-refractivity contribution in [2.45, 2.75) is 18.9 Å². The summed E-state index contributed by atoms with van der Waals surface area (Å²) in [6, 6.07) is 0. The van der Waals surface area contributed by atoms with E-state index in [4.69, 9.17) is 4.74 Å². The first-order chi connectivity index (χ1) is 5.36. The van der Waals surface area contributed by atoms with Crippen molar-refractivity contribution in [2.24, 2.45) is 0 Å². The zero-order chi connectivity index (χ0) is 7.68. The van der Waals surface area contributed by atoms with E-state index in [1.54, 1.807) is 12.4 Å². The SMILES string of the molecule is Brc1nccnc1OC1CC1. The predicted molar refractivity (Wildman–Crippen MR) is 43.4 cm³/mol. The molecule has 0 amide bonds. The Labute approximate surface area is 72.9 Å². The summed E-state index contributed by atoms with van der Waals surface area (Å²) < 4.78 is 6.12. The van der Waals surface area contributed by atoms with Gasteiger partial charge in [-0.2, -0.15) is 0 Å². The maximum Gasteiger partial charge on any atom is 0.247 e. The monoisotopic (exact) mass is 214 g/mol. The van der Waals surface area contributed by atoms with Gasteiger partial charge in [-0.05, 0) is 28.8 Å². The third-order valence-electron chi connectivity index (χ3n) is 1.43. The fraction of sp³-hybridized carbons (Fsp3) is 0.429. The smallest absolute Gasteiger partial charge is 0.247 e. The van der Waals surface area contributed by atoms with E-state index < -0.39 is 0 Å². The molecule has 0 bridgehead atoms. The van der Waals surface area contributed by atoms with Crippen molar-refractivity contribution in [3.05, 3.63) is 17.0 Å². The molecule has 2 rings (SSSR count). The normalized spacial score (nSPS) is 16.5. The number of hydrogen-bond donors (Lipinski definition) is 0. The van der Waals surface area contributed by atoms with E-state index in [0.717, 1.165) is 12.8 Å². The van der Waals surface area contributed by atoms with Crippen LogP contribution in [0.25, 0.3) is 0 Å². The summed E-state index contributed by atoms with van der Waals surface area (Å²) in [5.74, 6) is 0.606. The first-order valence-electron chi connectivity index (χ1n) is 3.49. The highest BCUT2D eigenvalue weighted by atomic mass is 79.9. The maximum atomic E-state index is 5.44. The van der Waals surface area contributed by atoms with Crippen molar-refractivity contribution in [1.29, 1.82) is 0 Å². The Morgan fingerprint density at radius 2 is 2.09 bits per heavy atom. The van der Waals surface area contributed by atoms with Gasteiger partial charge >= 0.3 is 0 Å². The molecule has 1 aliphatic rings. The van der Waals surface area contributed by atoms with Crippen LogP contribution in [0.15, 0.2) is 17.0 Å². The van der Waals surface area contributed by atoms with Crippen LogP contribution in [0, 0.1) is 0 Å². The minimum absolute atomic E-state index is 0.378. The quantitative estimate of drug-likeness (QED) is 0.754. The molecule has 0 aliphatic heterocycles. The lowest BCUT2D eigenvalue weighted by Gasteiger charge is -2.02. The molecule has 1 aliphatic carbocycles. The van der Waals surface area contributed by atoms with Gasteiger partial charge in [0.2, 0.25) is 5.88 Å². The molecule has 1 aromatic heterocycles. The summed E-state index contributed by atoms with van der Waals surface area (Å²) in [4.78, 5) is 8.02. The average Bonchev–Trinajstić information content (AvgIpc) is 2.78. The molecule has 4 heteroatoms. The lowest BCUT2D eigenvalue weighted by molar-refractivity contribution is 0.287. The van der Waals surface area contributed by atoms with Crippen molar-refractivity contribution < 1.29 is 4.74 Å². The second-order valence-electron chi connectivity index (χ2n) is 2.47. The number of rotatable bonds is 2. The molecule has 0 saturated heterocycles. The molecule has 1 heterocycles. The van der Waals surface area contributed by atoms with Crippen LogP contribution >= 0.6 is 15.9 Å². The van der Waals surface area contributed by atoms with Crippen LogP contribution in [-0.4, -0.2) is 16.1 Å². The van der Waals surface area contributed by atoms with Crippen LogP contribution in [0.1, 0.15) is 12.8 Å². The largest absolute Gasteiger partial charge is 0.472 e. The number of halogens is 1. The Bertz CT molecular complexity index is 262.